The van der Waals surface area contributed by atoms with Crippen LogP contribution >= 0.6 is 0 Å². The summed E-state index contributed by atoms with van der Waals surface area (Å²) in [5.74, 6) is -0.649. The monoisotopic (exact) mass is 298 g/mol. The third-order valence-electron chi connectivity index (χ3n) is 3.43. The van der Waals surface area contributed by atoms with Gasteiger partial charge in [0.05, 0.1) is 17.1 Å². The molecule has 0 saturated carbocycles. The summed E-state index contributed by atoms with van der Waals surface area (Å²) >= 11 is 0. The van der Waals surface area contributed by atoms with Crippen molar-refractivity contribution in [3.8, 4) is 0 Å². The highest BCUT2D eigenvalue weighted by Crippen LogP contribution is 2.21. The lowest BCUT2D eigenvalue weighted by Gasteiger charge is -2.21. The van der Waals surface area contributed by atoms with Gasteiger partial charge in [-0.1, -0.05) is 12.1 Å². The normalized spacial score (nSPS) is 17.0. The van der Waals surface area contributed by atoms with Crippen LogP contribution in [0.25, 0.3) is 0 Å². The van der Waals surface area contributed by atoms with E-state index in [-0.39, 0.29) is 23.0 Å². The first kappa shape index (κ1) is 15.0. The van der Waals surface area contributed by atoms with Gasteiger partial charge in [0.15, 0.2) is 9.84 Å². The SMILES string of the molecule is O=C(O)Cc1ccc(S(=O)(=O)CC2CCOCC2)cc1. The van der Waals surface area contributed by atoms with Crippen LogP contribution in [0.5, 0.6) is 0 Å². The summed E-state index contributed by atoms with van der Waals surface area (Å²) in [5.41, 5.74) is 0.600. The molecule has 0 bridgehead atoms. The molecule has 1 N–H and O–H groups in total. The number of ether oxygens (including phenoxy) is 1. The Morgan fingerprint density at radius 1 is 1.20 bits per heavy atom. The Hall–Kier alpha value is -1.40. The zero-order valence-corrected chi connectivity index (χ0v) is 11.9. The van der Waals surface area contributed by atoms with Crippen molar-refractivity contribution in [1.82, 2.24) is 0 Å². The summed E-state index contributed by atoms with van der Waals surface area (Å²) in [6, 6.07) is 6.11. The van der Waals surface area contributed by atoms with E-state index in [1.807, 2.05) is 0 Å². The molecule has 0 aliphatic carbocycles. The molecule has 0 amide bonds. The fourth-order valence-corrected chi connectivity index (χ4v) is 4.01. The van der Waals surface area contributed by atoms with Gasteiger partial charge in [0, 0.05) is 13.2 Å². The van der Waals surface area contributed by atoms with Crippen LogP contribution in [0.15, 0.2) is 29.2 Å². The summed E-state index contributed by atoms with van der Waals surface area (Å²) in [6.07, 6.45) is 1.45. The summed E-state index contributed by atoms with van der Waals surface area (Å²) in [5, 5.41) is 8.68. The molecular formula is C14H18O5S. The number of benzene rings is 1. The first-order valence-electron chi connectivity index (χ1n) is 6.58. The minimum absolute atomic E-state index is 0.0969. The summed E-state index contributed by atoms with van der Waals surface area (Å²) in [6.45, 7) is 1.25. The molecule has 0 aromatic heterocycles. The molecule has 20 heavy (non-hydrogen) atoms. The largest absolute Gasteiger partial charge is 0.481 e. The van der Waals surface area contributed by atoms with Gasteiger partial charge in [0.2, 0.25) is 0 Å². The van der Waals surface area contributed by atoms with E-state index in [1.165, 1.54) is 12.1 Å². The molecule has 0 spiro atoms. The fourth-order valence-electron chi connectivity index (χ4n) is 2.31. The highest BCUT2D eigenvalue weighted by molar-refractivity contribution is 7.91. The van der Waals surface area contributed by atoms with Gasteiger partial charge in [-0.3, -0.25) is 4.79 Å². The Bertz CT molecular complexity index is 556. The maximum atomic E-state index is 12.3. The van der Waals surface area contributed by atoms with Gasteiger partial charge in [-0.2, -0.15) is 0 Å². The first-order valence-corrected chi connectivity index (χ1v) is 8.24. The van der Waals surface area contributed by atoms with Gasteiger partial charge < -0.3 is 9.84 Å². The van der Waals surface area contributed by atoms with E-state index in [2.05, 4.69) is 0 Å². The molecule has 110 valence electrons. The van der Waals surface area contributed by atoms with Crippen LogP contribution in [-0.2, 0) is 25.8 Å². The van der Waals surface area contributed by atoms with Gasteiger partial charge >= 0.3 is 5.97 Å². The molecule has 6 heteroatoms. The molecule has 1 saturated heterocycles. The minimum Gasteiger partial charge on any atom is -0.481 e. The molecule has 1 aromatic rings. The molecule has 0 atom stereocenters. The van der Waals surface area contributed by atoms with Crippen LogP contribution < -0.4 is 0 Å². The maximum Gasteiger partial charge on any atom is 0.307 e. The molecule has 1 aliphatic heterocycles. The lowest BCUT2D eigenvalue weighted by Crippen LogP contribution is -2.23. The third kappa shape index (κ3) is 4.05. The van der Waals surface area contributed by atoms with Crippen LogP contribution in [0.3, 0.4) is 0 Å². The van der Waals surface area contributed by atoms with E-state index in [0.29, 0.717) is 18.8 Å². The molecule has 1 heterocycles. The molecule has 1 fully saturated rings. The van der Waals surface area contributed by atoms with Crippen molar-refractivity contribution >= 4 is 15.8 Å². The average Bonchev–Trinajstić information content (AvgIpc) is 2.39. The number of sulfone groups is 1. The van der Waals surface area contributed by atoms with E-state index in [1.54, 1.807) is 12.1 Å². The van der Waals surface area contributed by atoms with Gasteiger partial charge in [0.1, 0.15) is 0 Å². The fraction of sp³-hybridized carbons (Fsp3) is 0.500. The van der Waals surface area contributed by atoms with E-state index in [4.69, 9.17) is 9.84 Å². The molecule has 5 nitrogen and oxygen atoms in total. The standard InChI is InChI=1S/C14H18O5S/c15-14(16)9-11-1-3-13(4-2-11)20(17,18)10-12-5-7-19-8-6-12/h1-4,12H,5-10H2,(H,15,16). The summed E-state index contributed by atoms with van der Waals surface area (Å²) in [7, 11) is -3.31. The second-order valence-electron chi connectivity index (χ2n) is 5.05. The van der Waals surface area contributed by atoms with Gasteiger partial charge in [-0.05, 0) is 36.5 Å². The third-order valence-corrected chi connectivity index (χ3v) is 5.33. The summed E-state index contributed by atoms with van der Waals surface area (Å²) < 4.78 is 29.8. The van der Waals surface area contributed by atoms with E-state index < -0.39 is 15.8 Å². The van der Waals surface area contributed by atoms with Gasteiger partial charge in [0.25, 0.3) is 0 Å². The van der Waals surface area contributed by atoms with Crippen molar-refractivity contribution < 1.29 is 23.1 Å². The van der Waals surface area contributed by atoms with Gasteiger partial charge in [-0.25, -0.2) is 8.42 Å². The Kier molecular flexibility index (Phi) is 4.77. The molecule has 2 rings (SSSR count). The van der Waals surface area contributed by atoms with Crippen LogP contribution in [0.1, 0.15) is 18.4 Å². The highest BCUT2D eigenvalue weighted by Gasteiger charge is 2.23. The predicted octanol–water partition coefficient (Wildman–Crippen LogP) is 1.51. The van der Waals surface area contributed by atoms with Crippen LogP contribution in [0.4, 0.5) is 0 Å². The Morgan fingerprint density at radius 3 is 2.35 bits per heavy atom. The maximum absolute atomic E-state index is 12.3. The van der Waals surface area contributed by atoms with Crippen molar-refractivity contribution in [2.75, 3.05) is 19.0 Å². The smallest absolute Gasteiger partial charge is 0.307 e. The van der Waals surface area contributed by atoms with Crippen molar-refractivity contribution in [1.29, 1.82) is 0 Å². The molecule has 1 aromatic carbocycles. The number of hydrogen-bond acceptors (Lipinski definition) is 4. The lowest BCUT2D eigenvalue weighted by molar-refractivity contribution is -0.136. The Morgan fingerprint density at radius 2 is 1.80 bits per heavy atom. The molecule has 0 radical (unpaired) electrons. The quantitative estimate of drug-likeness (QED) is 0.891. The van der Waals surface area contributed by atoms with Crippen molar-refractivity contribution in [3.63, 3.8) is 0 Å². The van der Waals surface area contributed by atoms with Gasteiger partial charge in [-0.15, -0.1) is 0 Å². The average molecular weight is 298 g/mol. The first-order chi connectivity index (χ1) is 9.47. The zero-order chi connectivity index (χ0) is 14.6. The van der Waals surface area contributed by atoms with Crippen LogP contribution in [0, 0.1) is 5.92 Å². The highest BCUT2D eigenvalue weighted by atomic mass is 32.2. The number of carboxylic acid groups (broad SMARTS) is 1. The van der Waals surface area contributed by atoms with Crippen molar-refractivity contribution in [2.45, 2.75) is 24.2 Å². The summed E-state index contributed by atoms with van der Waals surface area (Å²) in [4.78, 5) is 10.8. The van der Waals surface area contributed by atoms with E-state index in [0.717, 1.165) is 12.8 Å². The predicted molar refractivity (Wildman–Crippen MR) is 73.4 cm³/mol. The van der Waals surface area contributed by atoms with Crippen molar-refractivity contribution in [3.05, 3.63) is 29.8 Å². The van der Waals surface area contributed by atoms with Crippen LogP contribution in [0.2, 0.25) is 0 Å². The number of rotatable bonds is 5. The zero-order valence-electron chi connectivity index (χ0n) is 11.1. The number of hydrogen-bond donors (Lipinski definition) is 1. The molecule has 0 unspecified atom stereocenters. The second kappa shape index (κ2) is 6.37. The topological polar surface area (TPSA) is 80.7 Å². The Labute approximate surface area is 118 Å². The lowest BCUT2D eigenvalue weighted by atomic mass is 10.0. The molecule has 1 aliphatic rings. The number of carboxylic acids is 1. The second-order valence-corrected chi connectivity index (χ2v) is 7.09. The van der Waals surface area contributed by atoms with E-state index in [9.17, 15) is 13.2 Å². The minimum atomic E-state index is -3.31. The Balaban J connectivity index is 2.06. The van der Waals surface area contributed by atoms with Crippen LogP contribution in [-0.4, -0.2) is 38.5 Å². The van der Waals surface area contributed by atoms with Crippen molar-refractivity contribution in [2.24, 2.45) is 5.92 Å². The van der Waals surface area contributed by atoms with E-state index >= 15 is 0 Å². The number of carbonyl (C=O) groups is 1. The number of aliphatic carboxylic acids is 1. The molecular weight excluding hydrogens is 280 g/mol.